The van der Waals surface area contributed by atoms with Crippen LogP contribution in [-0.4, -0.2) is 79.9 Å². The molecule has 19 heavy (non-hydrogen) atoms. The quantitative estimate of drug-likeness (QED) is 0.824. The summed E-state index contributed by atoms with van der Waals surface area (Å²) in [6.45, 7) is 4.35. The number of hydrogen-bond donors (Lipinski definition) is 1. The molecule has 2 rings (SSSR count). The minimum Gasteiger partial charge on any atom is -0.304 e. The van der Waals surface area contributed by atoms with Gasteiger partial charge in [0.25, 0.3) is 0 Å². The number of rotatable bonds is 3. The summed E-state index contributed by atoms with van der Waals surface area (Å²) in [6, 6.07) is 0.327. The molecule has 0 aromatic rings. The minimum atomic E-state index is -4.07. The Hall–Kier alpha value is -0.370. The van der Waals surface area contributed by atoms with Gasteiger partial charge in [0.1, 0.15) is 0 Å². The van der Waals surface area contributed by atoms with Crippen molar-refractivity contribution in [3.63, 3.8) is 0 Å². The van der Waals surface area contributed by atoms with Crippen molar-refractivity contribution in [2.45, 2.75) is 25.1 Å². The van der Waals surface area contributed by atoms with Gasteiger partial charge in [-0.05, 0) is 19.9 Å². The first-order chi connectivity index (χ1) is 8.92. The van der Waals surface area contributed by atoms with Crippen molar-refractivity contribution in [2.75, 3.05) is 52.9 Å². The molecule has 2 aliphatic rings. The summed E-state index contributed by atoms with van der Waals surface area (Å²) < 4.78 is 36.8. The van der Waals surface area contributed by atoms with Crippen LogP contribution in [0.15, 0.2) is 0 Å². The zero-order valence-corrected chi connectivity index (χ0v) is 11.4. The molecule has 0 spiro atoms. The zero-order valence-electron chi connectivity index (χ0n) is 11.4. The second-order valence-electron chi connectivity index (χ2n) is 5.59. The van der Waals surface area contributed by atoms with Gasteiger partial charge >= 0.3 is 6.18 Å². The third-order valence-electron chi connectivity index (χ3n) is 3.86. The lowest BCUT2D eigenvalue weighted by Gasteiger charge is -2.38. The molecule has 2 fully saturated rings. The highest BCUT2D eigenvalue weighted by Crippen LogP contribution is 2.19. The van der Waals surface area contributed by atoms with Crippen LogP contribution < -0.4 is 5.43 Å². The number of piperazine rings is 1. The van der Waals surface area contributed by atoms with Crippen LogP contribution in [0.4, 0.5) is 13.2 Å². The van der Waals surface area contributed by atoms with E-state index in [0.717, 1.165) is 39.0 Å². The summed E-state index contributed by atoms with van der Waals surface area (Å²) in [5.41, 5.74) is 3.46. The van der Waals surface area contributed by atoms with Crippen LogP contribution in [0.25, 0.3) is 0 Å². The second-order valence-corrected chi connectivity index (χ2v) is 5.59. The number of likely N-dealkylation sites (tertiary alicyclic amines) is 1. The summed E-state index contributed by atoms with van der Waals surface area (Å²) in [4.78, 5) is 3.78. The lowest BCUT2D eigenvalue weighted by Crippen LogP contribution is -2.56. The van der Waals surface area contributed by atoms with Crippen LogP contribution in [-0.2, 0) is 0 Å². The molecule has 1 N–H and O–H groups in total. The number of halogens is 3. The number of alkyl halides is 3. The first kappa shape index (κ1) is 15.0. The largest absolute Gasteiger partial charge is 0.401 e. The van der Waals surface area contributed by atoms with E-state index in [2.05, 4.69) is 22.4 Å². The first-order valence-electron chi connectivity index (χ1n) is 6.91. The van der Waals surface area contributed by atoms with Gasteiger partial charge in [0, 0.05) is 45.3 Å². The molecule has 0 unspecified atom stereocenters. The van der Waals surface area contributed by atoms with Crippen molar-refractivity contribution in [2.24, 2.45) is 0 Å². The van der Waals surface area contributed by atoms with Gasteiger partial charge in [0.05, 0.1) is 6.54 Å². The van der Waals surface area contributed by atoms with E-state index < -0.39 is 12.7 Å². The fraction of sp³-hybridized carbons (Fsp3) is 1.00. The molecule has 2 heterocycles. The predicted molar refractivity (Wildman–Crippen MR) is 67.7 cm³/mol. The Morgan fingerprint density at radius 1 is 1.00 bits per heavy atom. The van der Waals surface area contributed by atoms with Crippen LogP contribution in [0.5, 0.6) is 0 Å². The summed E-state index contributed by atoms with van der Waals surface area (Å²) in [5.74, 6) is 0. The van der Waals surface area contributed by atoms with Crippen LogP contribution >= 0.6 is 0 Å². The van der Waals surface area contributed by atoms with E-state index in [1.54, 1.807) is 0 Å². The number of likely N-dealkylation sites (N-methyl/N-ethyl adjacent to an activating group) is 1. The Balaban J connectivity index is 1.66. The molecule has 112 valence electrons. The lowest BCUT2D eigenvalue weighted by atomic mass is 10.1. The van der Waals surface area contributed by atoms with Gasteiger partial charge in [-0.2, -0.15) is 13.2 Å². The van der Waals surface area contributed by atoms with Crippen molar-refractivity contribution < 1.29 is 13.2 Å². The van der Waals surface area contributed by atoms with Crippen molar-refractivity contribution in [1.29, 1.82) is 0 Å². The number of hydrogen-bond acceptors (Lipinski definition) is 4. The maximum Gasteiger partial charge on any atom is 0.401 e. The summed E-state index contributed by atoms with van der Waals surface area (Å²) in [7, 11) is 2.10. The van der Waals surface area contributed by atoms with Gasteiger partial charge in [-0.25, -0.2) is 5.01 Å². The second kappa shape index (κ2) is 6.39. The predicted octanol–water partition coefficient (Wildman–Crippen LogP) is 0.765. The number of nitrogens with one attached hydrogen (secondary N) is 1. The molecule has 7 heteroatoms. The number of nitrogens with zero attached hydrogens (tertiary/aromatic N) is 3. The molecule has 0 saturated carbocycles. The Morgan fingerprint density at radius 3 is 2.11 bits per heavy atom. The molecule has 0 aromatic carbocycles. The monoisotopic (exact) mass is 280 g/mol. The Bertz CT molecular complexity index is 269. The van der Waals surface area contributed by atoms with E-state index >= 15 is 0 Å². The summed E-state index contributed by atoms with van der Waals surface area (Å²) >= 11 is 0. The van der Waals surface area contributed by atoms with Crippen LogP contribution in [0.2, 0.25) is 0 Å². The topological polar surface area (TPSA) is 21.8 Å². The smallest absolute Gasteiger partial charge is 0.304 e. The van der Waals surface area contributed by atoms with Crippen molar-refractivity contribution in [3.05, 3.63) is 0 Å². The molecule has 0 atom stereocenters. The highest BCUT2D eigenvalue weighted by molar-refractivity contribution is 4.79. The molecule has 2 saturated heterocycles. The SMILES string of the molecule is CN1CCN(NC2CCN(CC(F)(F)F)CC2)CC1. The van der Waals surface area contributed by atoms with E-state index in [-0.39, 0.29) is 0 Å². The zero-order chi connectivity index (χ0) is 13.9. The average Bonchev–Trinajstić information content (AvgIpc) is 2.33. The Kier molecular flexibility index (Phi) is 5.05. The van der Waals surface area contributed by atoms with Gasteiger partial charge in [-0.1, -0.05) is 0 Å². The molecule has 4 nitrogen and oxygen atoms in total. The number of piperidine rings is 1. The van der Waals surface area contributed by atoms with E-state index in [4.69, 9.17) is 0 Å². The third kappa shape index (κ3) is 5.25. The molecule has 0 radical (unpaired) electrons. The van der Waals surface area contributed by atoms with E-state index in [9.17, 15) is 13.2 Å². The first-order valence-corrected chi connectivity index (χ1v) is 6.91. The summed E-state index contributed by atoms with van der Waals surface area (Å²) in [6.07, 6.45) is -2.48. The third-order valence-corrected chi connectivity index (χ3v) is 3.86. The van der Waals surface area contributed by atoms with Crippen LogP contribution in [0.1, 0.15) is 12.8 Å². The van der Waals surface area contributed by atoms with Gasteiger partial charge in [-0.15, -0.1) is 0 Å². The van der Waals surface area contributed by atoms with Crippen LogP contribution in [0, 0.1) is 0 Å². The minimum absolute atomic E-state index is 0.327. The highest BCUT2D eigenvalue weighted by Gasteiger charge is 2.32. The molecular formula is C12H23F3N4. The van der Waals surface area contributed by atoms with Gasteiger partial charge in [0.15, 0.2) is 0 Å². The highest BCUT2D eigenvalue weighted by atomic mass is 19.4. The average molecular weight is 280 g/mol. The van der Waals surface area contributed by atoms with Gasteiger partial charge in [0.2, 0.25) is 0 Å². The van der Waals surface area contributed by atoms with E-state index in [1.807, 2.05) is 0 Å². The standard InChI is InChI=1S/C12H23F3N4/c1-17-6-8-19(9-7-17)16-11-2-4-18(5-3-11)10-12(13,14)15/h11,16H,2-10H2,1H3. The van der Waals surface area contributed by atoms with Crippen LogP contribution in [0.3, 0.4) is 0 Å². The fourth-order valence-electron chi connectivity index (χ4n) is 2.67. The van der Waals surface area contributed by atoms with E-state index in [0.29, 0.717) is 19.1 Å². The van der Waals surface area contributed by atoms with Gasteiger partial charge < -0.3 is 4.90 Å². The molecular weight excluding hydrogens is 257 g/mol. The van der Waals surface area contributed by atoms with Crippen molar-refractivity contribution in [1.82, 2.24) is 20.2 Å². The normalized spacial score (nSPS) is 25.9. The molecule has 0 bridgehead atoms. The maximum atomic E-state index is 12.3. The Morgan fingerprint density at radius 2 is 1.58 bits per heavy atom. The van der Waals surface area contributed by atoms with E-state index in [1.165, 1.54) is 4.90 Å². The van der Waals surface area contributed by atoms with Crippen molar-refractivity contribution in [3.8, 4) is 0 Å². The number of hydrazine groups is 1. The lowest BCUT2D eigenvalue weighted by molar-refractivity contribution is -0.148. The maximum absolute atomic E-state index is 12.3. The molecule has 0 amide bonds. The molecule has 0 aliphatic carbocycles. The summed E-state index contributed by atoms with van der Waals surface area (Å²) in [5, 5.41) is 2.21. The molecule has 2 aliphatic heterocycles. The Labute approximate surface area is 112 Å². The van der Waals surface area contributed by atoms with Gasteiger partial charge in [-0.3, -0.25) is 10.3 Å². The molecule has 0 aromatic heterocycles. The van der Waals surface area contributed by atoms with Crippen molar-refractivity contribution >= 4 is 0 Å². The fourth-order valence-corrected chi connectivity index (χ4v) is 2.67.